The van der Waals surface area contributed by atoms with Gasteiger partial charge >= 0.3 is 5.97 Å². The maximum Gasteiger partial charge on any atom is 0.351 e. The van der Waals surface area contributed by atoms with Crippen molar-refractivity contribution in [2.24, 2.45) is 0 Å². The normalized spacial score (nSPS) is 10.2. The number of nitrogens with zero attached hydrogens (tertiary/aromatic N) is 1. The minimum Gasteiger partial charge on any atom is -0.493 e. The number of hydrogen-bond donors (Lipinski definition) is 0. The van der Waals surface area contributed by atoms with Crippen molar-refractivity contribution in [2.45, 2.75) is 6.92 Å². The van der Waals surface area contributed by atoms with Crippen molar-refractivity contribution >= 4 is 28.9 Å². The topological polar surface area (TPSA) is 57.7 Å². The summed E-state index contributed by atoms with van der Waals surface area (Å²) in [5.41, 5.74) is 1.04. The molecule has 0 aliphatic heterocycles. The molecular weight excluding hydrogens is 302 g/mol. The highest BCUT2D eigenvalue weighted by Crippen LogP contribution is 2.36. The fourth-order valence-electron chi connectivity index (χ4n) is 1.50. The Labute approximate surface area is 125 Å². The summed E-state index contributed by atoms with van der Waals surface area (Å²) in [5.74, 6) is 0.536. The molecule has 0 saturated heterocycles. The summed E-state index contributed by atoms with van der Waals surface area (Å²) in [5, 5.41) is 0.306. The lowest BCUT2D eigenvalue weighted by Crippen LogP contribution is -1.98. The smallest absolute Gasteiger partial charge is 0.351 e. The molecule has 0 amide bonds. The van der Waals surface area contributed by atoms with Gasteiger partial charge in [-0.2, -0.15) is 4.98 Å². The molecular formula is C13H12ClNO4S. The molecule has 1 heterocycles. The number of aryl methyl sites for hydroxylation is 1. The molecule has 0 aliphatic carbocycles. The van der Waals surface area contributed by atoms with Crippen molar-refractivity contribution < 1.29 is 19.0 Å². The van der Waals surface area contributed by atoms with Gasteiger partial charge in [-0.05, 0) is 24.6 Å². The molecule has 106 valence electrons. The molecule has 1 aromatic heterocycles. The second kappa shape index (κ2) is 6.11. The lowest BCUT2D eigenvalue weighted by atomic mass is 10.2. The number of carbonyl (C=O) groups is 1. The summed E-state index contributed by atoms with van der Waals surface area (Å²) >= 11 is 6.89. The molecule has 2 aromatic rings. The minimum absolute atomic E-state index is 0.0583. The molecule has 2 rings (SSSR count). The molecule has 5 nitrogen and oxygen atoms in total. The lowest BCUT2D eigenvalue weighted by Gasteiger charge is -2.08. The number of esters is 1. The minimum atomic E-state index is -0.543. The average Bonchev–Trinajstić information content (AvgIpc) is 2.80. The number of halogens is 1. The predicted octanol–water partition coefficient (Wildman–Crippen LogP) is 3.69. The van der Waals surface area contributed by atoms with E-state index < -0.39 is 5.97 Å². The molecule has 0 spiro atoms. The van der Waals surface area contributed by atoms with Gasteiger partial charge in [0.2, 0.25) is 0 Å². The van der Waals surface area contributed by atoms with Gasteiger partial charge in [0.15, 0.2) is 21.5 Å². The van der Waals surface area contributed by atoms with E-state index in [2.05, 4.69) is 9.72 Å². The Morgan fingerprint density at radius 1 is 1.30 bits per heavy atom. The average molecular weight is 314 g/mol. The monoisotopic (exact) mass is 313 g/mol. The number of carbonyl (C=O) groups excluding carboxylic acids is 1. The van der Waals surface area contributed by atoms with Crippen molar-refractivity contribution in [1.29, 1.82) is 0 Å². The number of hydrogen-bond acceptors (Lipinski definition) is 6. The van der Waals surface area contributed by atoms with Crippen LogP contribution in [0.3, 0.4) is 0 Å². The second-order valence-electron chi connectivity index (χ2n) is 3.85. The van der Waals surface area contributed by atoms with Gasteiger partial charge in [0.1, 0.15) is 0 Å². The third-order valence-electron chi connectivity index (χ3n) is 2.45. The molecule has 0 fully saturated rings. The number of thiazole rings is 1. The van der Waals surface area contributed by atoms with Crippen LogP contribution in [0.25, 0.3) is 0 Å². The maximum atomic E-state index is 11.5. The SMILES string of the molecule is COC(=O)c1sc(Oc2ccc(C)cc2OC)nc1Cl. The summed E-state index contributed by atoms with van der Waals surface area (Å²) in [6.07, 6.45) is 0. The first-order valence-electron chi connectivity index (χ1n) is 5.62. The van der Waals surface area contributed by atoms with Gasteiger partial charge < -0.3 is 14.2 Å². The largest absolute Gasteiger partial charge is 0.493 e. The van der Waals surface area contributed by atoms with E-state index in [-0.39, 0.29) is 15.2 Å². The van der Waals surface area contributed by atoms with Crippen LogP contribution in [0.15, 0.2) is 18.2 Å². The Morgan fingerprint density at radius 3 is 2.70 bits per heavy atom. The van der Waals surface area contributed by atoms with Crippen molar-refractivity contribution in [3.05, 3.63) is 33.8 Å². The van der Waals surface area contributed by atoms with E-state index in [0.29, 0.717) is 11.5 Å². The van der Waals surface area contributed by atoms with Gasteiger partial charge in [0.05, 0.1) is 14.2 Å². The van der Waals surface area contributed by atoms with Gasteiger partial charge in [-0.1, -0.05) is 29.0 Å². The molecule has 0 bridgehead atoms. The summed E-state index contributed by atoms with van der Waals surface area (Å²) in [7, 11) is 2.83. The third-order valence-corrected chi connectivity index (χ3v) is 3.75. The molecule has 1 aromatic carbocycles. The first-order chi connectivity index (χ1) is 9.55. The highest BCUT2D eigenvalue weighted by atomic mass is 35.5. The number of aromatic nitrogens is 1. The van der Waals surface area contributed by atoms with Gasteiger partial charge in [-0.3, -0.25) is 0 Å². The summed E-state index contributed by atoms with van der Waals surface area (Å²) < 4.78 is 15.4. The lowest BCUT2D eigenvalue weighted by molar-refractivity contribution is 0.0606. The Bertz CT molecular complexity index is 641. The van der Waals surface area contributed by atoms with Crippen molar-refractivity contribution in [2.75, 3.05) is 14.2 Å². The molecule has 0 N–H and O–H groups in total. The van der Waals surface area contributed by atoms with Crippen LogP contribution in [0.2, 0.25) is 5.15 Å². The standard InChI is InChI=1S/C13H12ClNO4S/c1-7-4-5-8(9(6-7)17-2)19-13-15-11(14)10(20-13)12(16)18-3/h4-6H,1-3H3. The van der Waals surface area contributed by atoms with E-state index in [1.54, 1.807) is 13.2 Å². The molecule has 0 aliphatic rings. The van der Waals surface area contributed by atoms with Gasteiger partial charge in [0.25, 0.3) is 5.19 Å². The maximum absolute atomic E-state index is 11.5. The molecule has 0 saturated carbocycles. The van der Waals surface area contributed by atoms with Gasteiger partial charge in [0, 0.05) is 0 Å². The van der Waals surface area contributed by atoms with Gasteiger partial charge in [-0.15, -0.1) is 0 Å². The van der Waals surface area contributed by atoms with E-state index >= 15 is 0 Å². The predicted molar refractivity (Wildman–Crippen MR) is 76.3 cm³/mol. The summed E-state index contributed by atoms with van der Waals surface area (Å²) in [6, 6.07) is 5.49. The van der Waals surface area contributed by atoms with Crippen LogP contribution in [-0.4, -0.2) is 25.2 Å². The van der Waals surface area contributed by atoms with Crippen molar-refractivity contribution in [1.82, 2.24) is 4.98 Å². The van der Waals surface area contributed by atoms with E-state index in [0.717, 1.165) is 16.9 Å². The summed E-state index contributed by atoms with van der Waals surface area (Å²) in [6.45, 7) is 1.95. The van der Waals surface area contributed by atoms with Crippen LogP contribution in [0, 0.1) is 6.92 Å². The Morgan fingerprint density at radius 2 is 2.05 bits per heavy atom. The Hall–Kier alpha value is -1.79. The van der Waals surface area contributed by atoms with E-state index in [9.17, 15) is 4.79 Å². The summed E-state index contributed by atoms with van der Waals surface area (Å²) in [4.78, 5) is 15.6. The fraction of sp³-hybridized carbons (Fsp3) is 0.231. The van der Waals surface area contributed by atoms with E-state index in [1.165, 1.54) is 7.11 Å². The molecule has 0 radical (unpaired) electrons. The number of ether oxygens (including phenoxy) is 3. The van der Waals surface area contributed by atoms with Crippen LogP contribution in [0.5, 0.6) is 16.7 Å². The van der Waals surface area contributed by atoms with Crippen LogP contribution in [-0.2, 0) is 4.74 Å². The first-order valence-corrected chi connectivity index (χ1v) is 6.81. The van der Waals surface area contributed by atoms with E-state index in [1.807, 2.05) is 19.1 Å². The zero-order valence-corrected chi connectivity index (χ0v) is 12.7. The number of rotatable bonds is 4. The van der Waals surface area contributed by atoms with Crippen molar-refractivity contribution in [3.8, 4) is 16.7 Å². The molecule has 7 heteroatoms. The van der Waals surface area contributed by atoms with E-state index in [4.69, 9.17) is 21.1 Å². The first kappa shape index (κ1) is 14.6. The molecule has 20 heavy (non-hydrogen) atoms. The Kier molecular flexibility index (Phi) is 4.46. The highest BCUT2D eigenvalue weighted by molar-refractivity contribution is 7.15. The van der Waals surface area contributed by atoms with Crippen LogP contribution in [0.1, 0.15) is 15.2 Å². The highest BCUT2D eigenvalue weighted by Gasteiger charge is 2.19. The number of benzene rings is 1. The van der Waals surface area contributed by atoms with Crippen LogP contribution < -0.4 is 9.47 Å². The van der Waals surface area contributed by atoms with Crippen molar-refractivity contribution in [3.63, 3.8) is 0 Å². The quantitative estimate of drug-likeness (QED) is 0.806. The third kappa shape index (κ3) is 3.02. The molecule has 0 atom stereocenters. The fourth-order valence-corrected chi connectivity index (χ4v) is 2.56. The van der Waals surface area contributed by atoms with Crippen LogP contribution in [0.4, 0.5) is 0 Å². The number of methoxy groups -OCH3 is 2. The molecule has 0 unspecified atom stereocenters. The van der Waals surface area contributed by atoms with Crippen LogP contribution >= 0.6 is 22.9 Å². The second-order valence-corrected chi connectivity index (χ2v) is 5.17. The zero-order chi connectivity index (χ0) is 14.7. The Balaban J connectivity index is 2.29. The zero-order valence-electron chi connectivity index (χ0n) is 11.1. The van der Waals surface area contributed by atoms with Gasteiger partial charge in [-0.25, -0.2) is 4.79 Å².